The molecule has 0 aliphatic rings. The Morgan fingerprint density at radius 2 is 1.91 bits per heavy atom. The van der Waals surface area contributed by atoms with Gasteiger partial charge in [-0.05, 0) is 35.9 Å². The summed E-state index contributed by atoms with van der Waals surface area (Å²) in [5, 5.41) is 11.9. The second kappa shape index (κ2) is 7.25. The van der Waals surface area contributed by atoms with Crippen molar-refractivity contribution in [2.24, 2.45) is 5.73 Å². The zero-order chi connectivity index (χ0) is 16.8. The minimum atomic E-state index is -0.807. The van der Waals surface area contributed by atoms with Gasteiger partial charge in [0.1, 0.15) is 11.6 Å². The quantitative estimate of drug-likeness (QED) is 0.668. The van der Waals surface area contributed by atoms with E-state index in [1.807, 2.05) is 0 Å². The number of rotatable bonds is 4. The van der Waals surface area contributed by atoms with Crippen LogP contribution in [0.2, 0.25) is 5.02 Å². The Balaban J connectivity index is 2.24. The zero-order valence-electron chi connectivity index (χ0n) is 11.9. The van der Waals surface area contributed by atoms with Crippen molar-refractivity contribution in [3.8, 4) is 6.07 Å². The standard InChI is InChI=1S/C17H12ClN3O2/c18-15-7-2-1-6-14(15)17(23)21-13-5-3-4-11(9-13)8-12(10-19)16(20)22/h1-9H,(H2,20,22)(H,21,23)/b12-8+. The number of amides is 2. The molecule has 0 fully saturated rings. The van der Waals surface area contributed by atoms with E-state index in [-0.39, 0.29) is 11.5 Å². The fraction of sp³-hybridized carbons (Fsp3) is 0. The molecule has 0 saturated carbocycles. The number of halogens is 1. The largest absolute Gasteiger partial charge is 0.365 e. The summed E-state index contributed by atoms with van der Waals surface area (Å²) in [7, 11) is 0. The van der Waals surface area contributed by atoms with Crippen LogP contribution in [0.4, 0.5) is 5.69 Å². The van der Waals surface area contributed by atoms with Crippen LogP contribution in [0.15, 0.2) is 54.1 Å². The lowest BCUT2D eigenvalue weighted by Crippen LogP contribution is -2.13. The van der Waals surface area contributed by atoms with E-state index < -0.39 is 5.91 Å². The summed E-state index contributed by atoms with van der Waals surface area (Å²) >= 11 is 5.98. The third kappa shape index (κ3) is 4.19. The van der Waals surface area contributed by atoms with Crippen LogP contribution in [-0.2, 0) is 4.79 Å². The number of nitrogens with one attached hydrogen (secondary N) is 1. The molecule has 0 atom stereocenters. The molecular weight excluding hydrogens is 314 g/mol. The van der Waals surface area contributed by atoms with Crippen molar-refractivity contribution in [3.63, 3.8) is 0 Å². The van der Waals surface area contributed by atoms with Crippen molar-refractivity contribution in [2.45, 2.75) is 0 Å². The summed E-state index contributed by atoms with van der Waals surface area (Å²) in [6, 6.07) is 15.1. The molecule has 0 aliphatic heterocycles. The zero-order valence-corrected chi connectivity index (χ0v) is 12.7. The van der Waals surface area contributed by atoms with Gasteiger partial charge in [-0.15, -0.1) is 0 Å². The molecular formula is C17H12ClN3O2. The molecule has 0 heterocycles. The monoisotopic (exact) mass is 325 g/mol. The van der Waals surface area contributed by atoms with E-state index in [1.54, 1.807) is 54.6 Å². The maximum Gasteiger partial charge on any atom is 0.259 e. The van der Waals surface area contributed by atoms with E-state index in [2.05, 4.69) is 5.32 Å². The Labute approximate surface area is 138 Å². The molecule has 0 saturated heterocycles. The summed E-state index contributed by atoms with van der Waals surface area (Å²) in [6.07, 6.45) is 1.35. The molecule has 6 heteroatoms. The summed E-state index contributed by atoms with van der Waals surface area (Å²) in [4.78, 5) is 23.3. The van der Waals surface area contributed by atoms with Gasteiger partial charge in [0.2, 0.25) is 0 Å². The van der Waals surface area contributed by atoms with Gasteiger partial charge in [-0.25, -0.2) is 0 Å². The lowest BCUT2D eigenvalue weighted by Gasteiger charge is -2.07. The number of nitrogens with zero attached hydrogens (tertiary/aromatic N) is 1. The van der Waals surface area contributed by atoms with Gasteiger partial charge in [0, 0.05) is 5.69 Å². The van der Waals surface area contributed by atoms with Crippen molar-refractivity contribution < 1.29 is 9.59 Å². The van der Waals surface area contributed by atoms with Crippen LogP contribution in [0.3, 0.4) is 0 Å². The van der Waals surface area contributed by atoms with Crippen molar-refractivity contribution in [1.29, 1.82) is 5.26 Å². The van der Waals surface area contributed by atoms with E-state index in [0.717, 1.165) is 0 Å². The van der Waals surface area contributed by atoms with Gasteiger partial charge in [-0.2, -0.15) is 5.26 Å². The first kappa shape index (κ1) is 16.3. The predicted molar refractivity (Wildman–Crippen MR) is 88.6 cm³/mol. The SMILES string of the molecule is N#C/C(=C\c1cccc(NC(=O)c2ccccc2Cl)c1)C(N)=O. The van der Waals surface area contributed by atoms with Crippen molar-refractivity contribution >= 4 is 35.2 Å². The maximum atomic E-state index is 12.2. The van der Waals surface area contributed by atoms with Crippen LogP contribution < -0.4 is 11.1 Å². The number of anilines is 1. The average Bonchev–Trinajstić information content (AvgIpc) is 2.53. The molecule has 2 aromatic carbocycles. The van der Waals surface area contributed by atoms with E-state index in [1.165, 1.54) is 6.08 Å². The summed E-state index contributed by atoms with van der Waals surface area (Å²) in [5.41, 5.74) is 6.35. The number of carbonyl (C=O) groups is 2. The number of hydrogen-bond donors (Lipinski definition) is 2. The molecule has 2 rings (SSSR count). The Bertz CT molecular complexity index is 838. The van der Waals surface area contributed by atoms with Crippen LogP contribution in [0.1, 0.15) is 15.9 Å². The summed E-state index contributed by atoms with van der Waals surface area (Å²) in [6.45, 7) is 0. The van der Waals surface area contributed by atoms with E-state index >= 15 is 0 Å². The topological polar surface area (TPSA) is 96.0 Å². The number of carbonyl (C=O) groups excluding carboxylic acids is 2. The van der Waals surface area contributed by atoms with Gasteiger partial charge in [0.05, 0.1) is 10.6 Å². The lowest BCUT2D eigenvalue weighted by atomic mass is 10.1. The highest BCUT2D eigenvalue weighted by atomic mass is 35.5. The molecule has 0 radical (unpaired) electrons. The van der Waals surface area contributed by atoms with Crippen LogP contribution in [0.5, 0.6) is 0 Å². The molecule has 0 unspecified atom stereocenters. The van der Waals surface area contributed by atoms with E-state index in [9.17, 15) is 9.59 Å². The van der Waals surface area contributed by atoms with Gasteiger partial charge in [-0.3, -0.25) is 9.59 Å². The van der Waals surface area contributed by atoms with Crippen LogP contribution in [0, 0.1) is 11.3 Å². The minimum Gasteiger partial charge on any atom is -0.365 e. The molecule has 23 heavy (non-hydrogen) atoms. The summed E-state index contributed by atoms with van der Waals surface area (Å²) in [5.74, 6) is -1.16. The molecule has 3 N–H and O–H groups in total. The number of benzene rings is 2. The minimum absolute atomic E-state index is 0.167. The second-order valence-corrected chi connectivity index (χ2v) is 5.00. The summed E-state index contributed by atoms with van der Waals surface area (Å²) < 4.78 is 0. The third-order valence-corrected chi connectivity index (χ3v) is 3.29. The Morgan fingerprint density at radius 3 is 2.57 bits per heavy atom. The van der Waals surface area contributed by atoms with Crippen molar-refractivity contribution in [2.75, 3.05) is 5.32 Å². The van der Waals surface area contributed by atoms with Crippen LogP contribution >= 0.6 is 11.6 Å². The fourth-order valence-corrected chi connectivity index (χ4v) is 2.10. The Kier molecular flexibility index (Phi) is 5.13. The van der Waals surface area contributed by atoms with E-state index in [0.29, 0.717) is 21.8 Å². The molecule has 0 bridgehead atoms. The van der Waals surface area contributed by atoms with Gasteiger partial charge in [0.25, 0.3) is 11.8 Å². The number of hydrogen-bond acceptors (Lipinski definition) is 3. The van der Waals surface area contributed by atoms with Gasteiger partial charge < -0.3 is 11.1 Å². The first-order valence-electron chi connectivity index (χ1n) is 6.59. The normalized spacial score (nSPS) is 10.7. The number of nitriles is 1. The predicted octanol–water partition coefficient (Wildman–Crippen LogP) is 2.98. The number of primary amides is 1. The van der Waals surface area contributed by atoms with Crippen molar-refractivity contribution in [3.05, 3.63) is 70.3 Å². The third-order valence-electron chi connectivity index (χ3n) is 2.96. The fourth-order valence-electron chi connectivity index (χ4n) is 1.88. The lowest BCUT2D eigenvalue weighted by molar-refractivity contribution is -0.114. The molecule has 2 amide bonds. The Morgan fingerprint density at radius 1 is 1.17 bits per heavy atom. The Hall–Kier alpha value is -3.10. The van der Waals surface area contributed by atoms with Crippen LogP contribution in [-0.4, -0.2) is 11.8 Å². The molecule has 0 spiro atoms. The number of nitrogens with two attached hydrogens (primary N) is 1. The van der Waals surface area contributed by atoms with Gasteiger partial charge in [-0.1, -0.05) is 35.9 Å². The van der Waals surface area contributed by atoms with Gasteiger partial charge >= 0.3 is 0 Å². The highest BCUT2D eigenvalue weighted by Crippen LogP contribution is 2.18. The smallest absolute Gasteiger partial charge is 0.259 e. The second-order valence-electron chi connectivity index (χ2n) is 4.59. The highest BCUT2D eigenvalue weighted by molar-refractivity contribution is 6.34. The molecule has 0 aliphatic carbocycles. The first-order valence-corrected chi connectivity index (χ1v) is 6.96. The average molecular weight is 326 g/mol. The molecule has 2 aromatic rings. The highest BCUT2D eigenvalue weighted by Gasteiger charge is 2.10. The molecule has 5 nitrogen and oxygen atoms in total. The van der Waals surface area contributed by atoms with E-state index in [4.69, 9.17) is 22.6 Å². The molecule has 0 aromatic heterocycles. The maximum absolute atomic E-state index is 12.2. The van der Waals surface area contributed by atoms with Crippen LogP contribution in [0.25, 0.3) is 6.08 Å². The van der Waals surface area contributed by atoms with Gasteiger partial charge in [0.15, 0.2) is 0 Å². The van der Waals surface area contributed by atoms with Crippen molar-refractivity contribution in [1.82, 2.24) is 0 Å². The first-order chi connectivity index (χ1) is 11.0. The molecule has 114 valence electrons.